The van der Waals surface area contributed by atoms with Crippen molar-refractivity contribution >= 4 is 21.4 Å². The molecule has 1 aliphatic carbocycles. The SMILES string of the molecule is CN(Cc1ccsc1)S(=O)(=O)c1c[nH]c(CNC2CC2)c1. The molecule has 2 aromatic heterocycles. The van der Waals surface area contributed by atoms with Gasteiger partial charge in [0.15, 0.2) is 0 Å². The Morgan fingerprint density at radius 1 is 1.48 bits per heavy atom. The first-order valence-corrected chi connectivity index (χ1v) is 9.32. The van der Waals surface area contributed by atoms with Crippen LogP contribution in [-0.4, -0.2) is 30.8 Å². The van der Waals surface area contributed by atoms with Gasteiger partial charge in [-0.3, -0.25) is 0 Å². The van der Waals surface area contributed by atoms with Gasteiger partial charge >= 0.3 is 0 Å². The molecule has 0 aromatic carbocycles. The van der Waals surface area contributed by atoms with Crippen LogP contribution in [0, 0.1) is 0 Å². The molecule has 21 heavy (non-hydrogen) atoms. The zero-order chi connectivity index (χ0) is 14.9. The van der Waals surface area contributed by atoms with E-state index >= 15 is 0 Å². The Morgan fingerprint density at radius 3 is 2.95 bits per heavy atom. The van der Waals surface area contributed by atoms with Crippen molar-refractivity contribution in [3.05, 3.63) is 40.3 Å². The zero-order valence-electron chi connectivity index (χ0n) is 11.9. The molecule has 2 N–H and O–H groups in total. The maximum Gasteiger partial charge on any atom is 0.244 e. The highest BCUT2D eigenvalue weighted by Crippen LogP contribution is 2.21. The minimum absolute atomic E-state index is 0.327. The fourth-order valence-electron chi connectivity index (χ4n) is 2.12. The van der Waals surface area contributed by atoms with E-state index in [1.165, 1.54) is 17.1 Å². The first-order chi connectivity index (χ1) is 10.1. The zero-order valence-corrected chi connectivity index (χ0v) is 13.5. The maximum atomic E-state index is 12.5. The largest absolute Gasteiger partial charge is 0.363 e. The minimum Gasteiger partial charge on any atom is -0.363 e. The van der Waals surface area contributed by atoms with Gasteiger partial charge in [0, 0.05) is 38.1 Å². The van der Waals surface area contributed by atoms with Crippen LogP contribution in [0.5, 0.6) is 0 Å². The summed E-state index contributed by atoms with van der Waals surface area (Å²) < 4.78 is 26.4. The van der Waals surface area contributed by atoms with Gasteiger partial charge in [-0.1, -0.05) is 0 Å². The van der Waals surface area contributed by atoms with Gasteiger partial charge < -0.3 is 10.3 Å². The van der Waals surface area contributed by atoms with E-state index in [2.05, 4.69) is 10.3 Å². The highest BCUT2D eigenvalue weighted by atomic mass is 32.2. The summed E-state index contributed by atoms with van der Waals surface area (Å²) in [4.78, 5) is 3.37. The summed E-state index contributed by atoms with van der Waals surface area (Å²) >= 11 is 1.57. The highest BCUT2D eigenvalue weighted by Gasteiger charge is 2.23. The number of rotatable bonds is 7. The molecule has 0 unspecified atom stereocenters. The summed E-state index contributed by atoms with van der Waals surface area (Å²) in [5.41, 5.74) is 1.92. The summed E-state index contributed by atoms with van der Waals surface area (Å²) in [6.45, 7) is 1.08. The van der Waals surface area contributed by atoms with Gasteiger partial charge in [-0.15, -0.1) is 0 Å². The lowest BCUT2D eigenvalue weighted by molar-refractivity contribution is 0.467. The summed E-state index contributed by atoms with van der Waals surface area (Å²) in [5, 5.41) is 7.28. The van der Waals surface area contributed by atoms with Crippen LogP contribution in [-0.2, 0) is 23.1 Å². The highest BCUT2D eigenvalue weighted by molar-refractivity contribution is 7.89. The summed E-state index contributed by atoms with van der Waals surface area (Å²) in [5.74, 6) is 0. The molecule has 0 atom stereocenters. The average Bonchev–Trinajstić information content (AvgIpc) is 2.93. The molecule has 2 heterocycles. The molecule has 2 aromatic rings. The van der Waals surface area contributed by atoms with Crippen LogP contribution in [0.15, 0.2) is 34.0 Å². The topological polar surface area (TPSA) is 65.2 Å². The number of H-pyrrole nitrogens is 1. The first kappa shape index (κ1) is 14.8. The maximum absolute atomic E-state index is 12.5. The summed E-state index contributed by atoms with van der Waals surface area (Å²) in [7, 11) is -1.83. The smallest absolute Gasteiger partial charge is 0.244 e. The average molecular weight is 325 g/mol. The molecule has 0 amide bonds. The molecule has 0 aliphatic heterocycles. The van der Waals surface area contributed by atoms with Crippen LogP contribution in [0.25, 0.3) is 0 Å². The minimum atomic E-state index is -3.44. The molecule has 7 heteroatoms. The number of hydrogen-bond acceptors (Lipinski definition) is 4. The van der Waals surface area contributed by atoms with Crippen LogP contribution in [0.4, 0.5) is 0 Å². The normalized spacial score (nSPS) is 15.7. The van der Waals surface area contributed by atoms with Gasteiger partial charge in [-0.25, -0.2) is 8.42 Å². The monoisotopic (exact) mass is 325 g/mol. The Labute approximate surface area is 129 Å². The van der Waals surface area contributed by atoms with Crippen molar-refractivity contribution in [2.45, 2.75) is 36.9 Å². The van der Waals surface area contributed by atoms with E-state index < -0.39 is 10.0 Å². The van der Waals surface area contributed by atoms with Gasteiger partial charge in [0.25, 0.3) is 0 Å². The third-order valence-electron chi connectivity index (χ3n) is 3.57. The van der Waals surface area contributed by atoms with Gasteiger partial charge in [0.1, 0.15) is 0 Å². The lowest BCUT2D eigenvalue weighted by Gasteiger charge is -2.15. The number of nitrogens with one attached hydrogen (secondary N) is 2. The van der Waals surface area contributed by atoms with Gasteiger partial charge in [-0.2, -0.15) is 15.6 Å². The van der Waals surface area contributed by atoms with Crippen molar-refractivity contribution in [1.29, 1.82) is 0 Å². The predicted octanol–water partition coefficient (Wildman–Crippen LogP) is 2.15. The molecular formula is C14H19N3O2S2. The number of nitrogens with zero attached hydrogens (tertiary/aromatic N) is 1. The molecule has 0 spiro atoms. The molecule has 114 valence electrons. The van der Waals surface area contributed by atoms with E-state index in [1.807, 2.05) is 16.8 Å². The standard InChI is InChI=1S/C14H19N3O2S2/c1-17(9-11-4-5-20-10-11)21(18,19)14-6-13(16-8-14)7-15-12-2-3-12/h4-6,8,10,12,15-16H,2-3,7,9H2,1H3. The second-order valence-corrected chi connectivity index (χ2v) is 8.23. The van der Waals surface area contributed by atoms with Crippen LogP contribution in [0.2, 0.25) is 0 Å². The molecule has 3 rings (SSSR count). The molecule has 0 saturated heterocycles. The van der Waals surface area contributed by atoms with Crippen LogP contribution in [0.1, 0.15) is 24.1 Å². The molecule has 5 nitrogen and oxygen atoms in total. The number of hydrogen-bond donors (Lipinski definition) is 2. The van der Waals surface area contributed by atoms with Crippen molar-refractivity contribution < 1.29 is 8.42 Å². The second kappa shape index (κ2) is 5.92. The number of aromatic nitrogens is 1. The van der Waals surface area contributed by atoms with Crippen molar-refractivity contribution in [2.75, 3.05) is 7.05 Å². The van der Waals surface area contributed by atoms with Crippen LogP contribution in [0.3, 0.4) is 0 Å². The van der Waals surface area contributed by atoms with E-state index in [-0.39, 0.29) is 0 Å². The Balaban J connectivity index is 1.68. The Kier molecular flexibility index (Phi) is 4.17. The fourth-order valence-corrected chi connectivity index (χ4v) is 3.95. The summed E-state index contributed by atoms with van der Waals surface area (Å²) in [6, 6.07) is 4.27. The van der Waals surface area contributed by atoms with Gasteiger partial charge in [0.2, 0.25) is 10.0 Å². The Bertz CT molecular complexity index is 688. The molecule has 1 saturated carbocycles. The molecule has 1 aliphatic rings. The van der Waals surface area contributed by atoms with Gasteiger partial charge in [-0.05, 0) is 41.3 Å². The van der Waals surface area contributed by atoms with Crippen molar-refractivity contribution in [3.63, 3.8) is 0 Å². The third kappa shape index (κ3) is 3.55. The molecular weight excluding hydrogens is 306 g/mol. The van der Waals surface area contributed by atoms with Crippen molar-refractivity contribution in [3.8, 4) is 0 Å². The fraction of sp³-hybridized carbons (Fsp3) is 0.429. The van der Waals surface area contributed by atoms with Crippen LogP contribution >= 0.6 is 11.3 Å². The van der Waals surface area contributed by atoms with E-state index in [0.29, 0.717) is 24.0 Å². The first-order valence-electron chi connectivity index (χ1n) is 6.94. The second-order valence-electron chi connectivity index (χ2n) is 5.41. The third-order valence-corrected chi connectivity index (χ3v) is 6.08. The van der Waals surface area contributed by atoms with Crippen LogP contribution < -0.4 is 5.32 Å². The lowest BCUT2D eigenvalue weighted by atomic mass is 10.3. The lowest BCUT2D eigenvalue weighted by Crippen LogP contribution is -2.26. The van der Waals surface area contributed by atoms with E-state index in [0.717, 1.165) is 11.3 Å². The van der Waals surface area contributed by atoms with Gasteiger partial charge in [0.05, 0.1) is 4.90 Å². The quantitative estimate of drug-likeness (QED) is 0.820. The van der Waals surface area contributed by atoms with Crippen molar-refractivity contribution in [2.24, 2.45) is 0 Å². The Hall–Kier alpha value is -1.15. The molecule has 0 radical (unpaired) electrons. The summed E-state index contributed by atoms with van der Waals surface area (Å²) in [6.07, 6.45) is 4.01. The molecule has 1 fully saturated rings. The number of thiophene rings is 1. The number of aromatic amines is 1. The predicted molar refractivity (Wildman–Crippen MR) is 83.6 cm³/mol. The molecule has 0 bridgehead atoms. The van der Waals surface area contributed by atoms with E-state index in [9.17, 15) is 8.42 Å². The number of sulfonamides is 1. The van der Waals surface area contributed by atoms with E-state index in [1.54, 1.807) is 30.6 Å². The van der Waals surface area contributed by atoms with E-state index in [4.69, 9.17) is 0 Å². The van der Waals surface area contributed by atoms with Crippen molar-refractivity contribution in [1.82, 2.24) is 14.6 Å². The Morgan fingerprint density at radius 2 is 2.29 bits per heavy atom.